The predicted molar refractivity (Wildman–Crippen MR) is 56.7 cm³/mol. The second-order valence-corrected chi connectivity index (χ2v) is 3.43. The normalized spacial score (nSPS) is 14.6. The largest absolute Gasteiger partial charge is 0.396 e. The Hall–Kier alpha value is -1.19. The molecule has 0 heterocycles. The lowest BCUT2D eigenvalue weighted by Crippen LogP contribution is -2.17. The average Bonchev–Trinajstić information content (AvgIpc) is 2.25. The van der Waals surface area contributed by atoms with Gasteiger partial charge in [0.25, 0.3) is 0 Å². The summed E-state index contributed by atoms with van der Waals surface area (Å²) in [5, 5.41) is 18.9. The summed E-state index contributed by atoms with van der Waals surface area (Å²) in [6.45, 7) is 3.34. The molecule has 2 unspecified atom stereocenters. The maximum atomic E-state index is 13.3. The summed E-state index contributed by atoms with van der Waals surface area (Å²) < 4.78 is 13.3. The Morgan fingerprint density at radius 2 is 2.07 bits per heavy atom. The van der Waals surface area contributed by atoms with Crippen molar-refractivity contribution >= 4 is 0 Å². The maximum Gasteiger partial charge on any atom is 0.129 e. The first-order valence-corrected chi connectivity index (χ1v) is 4.85. The molecular weight excluding hydrogens is 195 g/mol. The Labute approximate surface area is 88.7 Å². The number of hydrogen-bond acceptors (Lipinski definition) is 2. The van der Waals surface area contributed by atoms with E-state index in [4.69, 9.17) is 5.11 Å². The highest BCUT2D eigenvalue weighted by Crippen LogP contribution is 2.26. The van der Waals surface area contributed by atoms with Crippen molar-refractivity contribution in [2.45, 2.75) is 12.5 Å². The Bertz CT molecular complexity index is 325. The molecule has 2 atom stereocenters. The van der Waals surface area contributed by atoms with Crippen LogP contribution in [0.15, 0.2) is 36.9 Å². The van der Waals surface area contributed by atoms with E-state index in [1.807, 2.05) is 0 Å². The summed E-state index contributed by atoms with van der Waals surface area (Å²) in [4.78, 5) is 0. The van der Waals surface area contributed by atoms with Crippen LogP contribution in [-0.4, -0.2) is 16.8 Å². The number of allylic oxidation sites excluding steroid dienone is 1. The molecule has 0 aromatic heterocycles. The van der Waals surface area contributed by atoms with Gasteiger partial charge in [-0.25, -0.2) is 4.39 Å². The number of halogens is 1. The van der Waals surface area contributed by atoms with Crippen LogP contribution in [0.5, 0.6) is 0 Å². The van der Waals surface area contributed by atoms with Gasteiger partial charge in [0.1, 0.15) is 5.82 Å². The van der Waals surface area contributed by atoms with E-state index in [0.29, 0.717) is 6.42 Å². The van der Waals surface area contributed by atoms with Gasteiger partial charge in [-0.05, 0) is 12.5 Å². The fourth-order valence-corrected chi connectivity index (χ4v) is 1.49. The zero-order valence-electron chi connectivity index (χ0n) is 8.44. The second kappa shape index (κ2) is 5.63. The highest BCUT2D eigenvalue weighted by atomic mass is 19.1. The van der Waals surface area contributed by atoms with Crippen molar-refractivity contribution in [3.63, 3.8) is 0 Å². The molecule has 2 N–H and O–H groups in total. The summed E-state index contributed by atoms with van der Waals surface area (Å²) >= 11 is 0. The molecule has 1 aromatic carbocycles. The van der Waals surface area contributed by atoms with Crippen LogP contribution in [0.4, 0.5) is 4.39 Å². The van der Waals surface area contributed by atoms with Crippen LogP contribution in [0.25, 0.3) is 0 Å². The van der Waals surface area contributed by atoms with E-state index in [1.165, 1.54) is 12.1 Å². The van der Waals surface area contributed by atoms with Crippen LogP contribution >= 0.6 is 0 Å². The van der Waals surface area contributed by atoms with Crippen molar-refractivity contribution in [2.75, 3.05) is 6.61 Å². The number of aliphatic hydroxyl groups is 2. The molecule has 0 fully saturated rings. The summed E-state index contributed by atoms with van der Waals surface area (Å²) in [7, 11) is 0. The Kier molecular flexibility index (Phi) is 4.46. The first kappa shape index (κ1) is 11.9. The van der Waals surface area contributed by atoms with E-state index in [1.54, 1.807) is 18.2 Å². The quantitative estimate of drug-likeness (QED) is 0.730. The van der Waals surface area contributed by atoms with Crippen molar-refractivity contribution in [2.24, 2.45) is 5.92 Å². The van der Waals surface area contributed by atoms with Gasteiger partial charge in [0.05, 0.1) is 6.10 Å². The van der Waals surface area contributed by atoms with Crippen molar-refractivity contribution in [3.8, 4) is 0 Å². The van der Waals surface area contributed by atoms with Crippen LogP contribution in [0.2, 0.25) is 0 Å². The molecule has 0 amide bonds. The lowest BCUT2D eigenvalue weighted by molar-refractivity contribution is 0.0658. The van der Waals surface area contributed by atoms with Crippen LogP contribution in [0.3, 0.4) is 0 Å². The van der Waals surface area contributed by atoms with E-state index >= 15 is 0 Å². The van der Waals surface area contributed by atoms with Gasteiger partial charge in [-0.2, -0.15) is 0 Å². The summed E-state index contributed by atoms with van der Waals surface area (Å²) in [6.07, 6.45) is 1.06. The monoisotopic (exact) mass is 210 g/mol. The predicted octanol–water partition coefficient (Wildman–Crippen LogP) is 2.04. The van der Waals surface area contributed by atoms with E-state index in [0.717, 1.165) is 0 Å². The molecule has 2 nitrogen and oxygen atoms in total. The number of hydrogen-bond donors (Lipinski definition) is 2. The van der Waals surface area contributed by atoms with Crippen LogP contribution in [-0.2, 0) is 0 Å². The summed E-state index contributed by atoms with van der Waals surface area (Å²) in [5.41, 5.74) is 0.221. The van der Waals surface area contributed by atoms with E-state index in [2.05, 4.69) is 6.58 Å². The molecule has 0 saturated carbocycles. The van der Waals surface area contributed by atoms with Gasteiger partial charge < -0.3 is 10.2 Å². The van der Waals surface area contributed by atoms with Crippen molar-refractivity contribution in [1.29, 1.82) is 0 Å². The second-order valence-electron chi connectivity index (χ2n) is 3.43. The summed E-state index contributed by atoms with van der Waals surface area (Å²) in [6, 6.07) is 6.03. The third-order valence-electron chi connectivity index (χ3n) is 2.37. The lowest BCUT2D eigenvalue weighted by atomic mass is 9.93. The van der Waals surface area contributed by atoms with Gasteiger partial charge in [0, 0.05) is 18.1 Å². The molecular formula is C12H15FO2. The molecule has 1 aromatic rings. The van der Waals surface area contributed by atoms with Crippen molar-refractivity contribution < 1.29 is 14.6 Å². The van der Waals surface area contributed by atoms with Crippen LogP contribution in [0, 0.1) is 11.7 Å². The van der Waals surface area contributed by atoms with Crippen LogP contribution < -0.4 is 0 Å². The van der Waals surface area contributed by atoms with Crippen LogP contribution in [0.1, 0.15) is 18.1 Å². The molecule has 0 spiro atoms. The topological polar surface area (TPSA) is 40.5 Å². The smallest absolute Gasteiger partial charge is 0.129 e. The standard InChI is InChI=1S/C12H15FO2/c1-2-5-9(8-14)12(15)10-6-3-4-7-11(10)13/h2-4,6-7,9,12,14-15H,1,5,8H2. The molecule has 15 heavy (non-hydrogen) atoms. The third kappa shape index (κ3) is 2.88. The molecule has 1 rings (SSSR count). The Morgan fingerprint density at radius 1 is 1.40 bits per heavy atom. The summed E-state index contributed by atoms with van der Waals surface area (Å²) in [5.74, 6) is -0.855. The highest BCUT2D eigenvalue weighted by molar-refractivity contribution is 5.20. The SMILES string of the molecule is C=CCC(CO)C(O)c1ccccc1F. The first-order chi connectivity index (χ1) is 7.20. The first-order valence-electron chi connectivity index (χ1n) is 4.85. The molecule has 0 saturated heterocycles. The minimum Gasteiger partial charge on any atom is -0.396 e. The molecule has 82 valence electrons. The number of rotatable bonds is 5. The molecule has 0 aliphatic heterocycles. The fourth-order valence-electron chi connectivity index (χ4n) is 1.49. The van der Waals surface area contributed by atoms with Gasteiger partial charge >= 0.3 is 0 Å². The molecule has 0 aliphatic rings. The van der Waals surface area contributed by atoms with E-state index in [9.17, 15) is 9.50 Å². The number of benzene rings is 1. The zero-order chi connectivity index (χ0) is 11.3. The minimum atomic E-state index is -0.991. The molecule has 0 radical (unpaired) electrons. The third-order valence-corrected chi connectivity index (χ3v) is 2.37. The van der Waals surface area contributed by atoms with Gasteiger partial charge in [-0.15, -0.1) is 6.58 Å². The van der Waals surface area contributed by atoms with Crippen molar-refractivity contribution in [3.05, 3.63) is 48.3 Å². The lowest BCUT2D eigenvalue weighted by Gasteiger charge is -2.20. The Balaban J connectivity index is 2.86. The molecule has 0 bridgehead atoms. The zero-order valence-corrected chi connectivity index (χ0v) is 8.44. The Morgan fingerprint density at radius 3 is 2.60 bits per heavy atom. The van der Waals surface area contributed by atoms with E-state index in [-0.39, 0.29) is 12.2 Å². The van der Waals surface area contributed by atoms with Gasteiger partial charge in [-0.3, -0.25) is 0 Å². The van der Waals surface area contributed by atoms with Crippen molar-refractivity contribution in [1.82, 2.24) is 0 Å². The molecule has 3 heteroatoms. The molecule has 0 aliphatic carbocycles. The van der Waals surface area contributed by atoms with E-state index < -0.39 is 17.8 Å². The van der Waals surface area contributed by atoms with Gasteiger partial charge in [-0.1, -0.05) is 24.3 Å². The van der Waals surface area contributed by atoms with Gasteiger partial charge in [0.2, 0.25) is 0 Å². The maximum absolute atomic E-state index is 13.3. The van der Waals surface area contributed by atoms with Gasteiger partial charge in [0.15, 0.2) is 0 Å². The number of aliphatic hydroxyl groups excluding tert-OH is 2. The average molecular weight is 210 g/mol. The highest BCUT2D eigenvalue weighted by Gasteiger charge is 2.21. The fraction of sp³-hybridized carbons (Fsp3) is 0.333. The minimum absolute atomic E-state index is 0.193.